The molecule has 0 bridgehead atoms. The maximum atomic E-state index is 13.0. The summed E-state index contributed by atoms with van der Waals surface area (Å²) >= 11 is 6.13. The summed E-state index contributed by atoms with van der Waals surface area (Å²) in [5.41, 5.74) is 0.858. The highest BCUT2D eigenvalue weighted by Gasteiger charge is 2.36. The number of aromatic amines is 1. The molecule has 0 aliphatic carbocycles. The van der Waals surface area contributed by atoms with E-state index in [1.165, 1.54) is 10.6 Å². The summed E-state index contributed by atoms with van der Waals surface area (Å²) in [6.45, 7) is 2.30. The normalized spacial score (nSPS) is 20.2. The number of rotatable bonds is 3. The molecule has 3 rings (SSSR count). The topological polar surface area (TPSA) is 79.0 Å². The van der Waals surface area contributed by atoms with E-state index in [9.17, 15) is 8.42 Å². The SMILES string of the molecule is Cc1ccc(Cl)c(S(=O)(=O)N2CCCCC2c2ncn[nH]2)c1. The van der Waals surface area contributed by atoms with Crippen molar-refractivity contribution < 1.29 is 8.42 Å². The Kier molecular flexibility index (Phi) is 4.20. The highest BCUT2D eigenvalue weighted by atomic mass is 35.5. The van der Waals surface area contributed by atoms with Crippen LogP contribution in [0.3, 0.4) is 0 Å². The minimum absolute atomic E-state index is 0.153. The first kappa shape index (κ1) is 15.5. The van der Waals surface area contributed by atoms with E-state index in [0.29, 0.717) is 12.4 Å². The van der Waals surface area contributed by atoms with E-state index < -0.39 is 10.0 Å². The number of nitrogens with one attached hydrogen (secondary N) is 1. The lowest BCUT2D eigenvalue weighted by molar-refractivity contribution is 0.247. The predicted octanol–water partition coefficient (Wildman–Crippen LogP) is 2.68. The molecular weight excluding hydrogens is 324 g/mol. The van der Waals surface area contributed by atoms with Crippen molar-refractivity contribution in [3.8, 4) is 0 Å². The van der Waals surface area contributed by atoms with Crippen LogP contribution in [0, 0.1) is 6.92 Å². The second-order valence-corrected chi connectivity index (χ2v) is 7.70. The van der Waals surface area contributed by atoms with E-state index in [-0.39, 0.29) is 16.0 Å². The van der Waals surface area contributed by atoms with Crippen molar-refractivity contribution in [2.45, 2.75) is 37.1 Å². The van der Waals surface area contributed by atoms with Crippen LogP contribution in [-0.4, -0.2) is 34.4 Å². The zero-order chi connectivity index (χ0) is 15.7. The number of aryl methyl sites for hydroxylation is 1. The van der Waals surface area contributed by atoms with Gasteiger partial charge in [0.05, 0.1) is 11.1 Å². The van der Waals surface area contributed by atoms with E-state index in [4.69, 9.17) is 11.6 Å². The molecule has 1 saturated heterocycles. The molecule has 2 heterocycles. The van der Waals surface area contributed by atoms with Gasteiger partial charge in [0.15, 0.2) is 0 Å². The van der Waals surface area contributed by atoms with Crippen molar-refractivity contribution in [3.63, 3.8) is 0 Å². The molecule has 1 aromatic carbocycles. The summed E-state index contributed by atoms with van der Waals surface area (Å²) in [5, 5.41) is 6.86. The molecule has 0 radical (unpaired) electrons. The van der Waals surface area contributed by atoms with E-state index in [2.05, 4.69) is 15.2 Å². The number of hydrogen-bond donors (Lipinski definition) is 1. The van der Waals surface area contributed by atoms with Crippen LogP contribution in [0.25, 0.3) is 0 Å². The number of aromatic nitrogens is 3. The van der Waals surface area contributed by atoms with Crippen molar-refractivity contribution in [1.29, 1.82) is 0 Å². The fraction of sp³-hybridized carbons (Fsp3) is 0.429. The van der Waals surface area contributed by atoms with Crippen molar-refractivity contribution in [1.82, 2.24) is 19.5 Å². The first-order chi connectivity index (χ1) is 10.5. The Bertz CT molecular complexity index is 761. The Balaban J connectivity index is 2.04. The van der Waals surface area contributed by atoms with Gasteiger partial charge in [-0.15, -0.1) is 0 Å². The Morgan fingerprint density at radius 3 is 2.91 bits per heavy atom. The molecule has 6 nitrogen and oxygen atoms in total. The van der Waals surface area contributed by atoms with Gasteiger partial charge in [-0.05, 0) is 37.5 Å². The number of piperidine rings is 1. The van der Waals surface area contributed by atoms with E-state index in [1.807, 2.05) is 6.92 Å². The number of halogens is 1. The van der Waals surface area contributed by atoms with Crippen LogP contribution < -0.4 is 0 Å². The van der Waals surface area contributed by atoms with Gasteiger partial charge in [-0.2, -0.15) is 9.40 Å². The summed E-state index contributed by atoms with van der Waals surface area (Å²) in [6, 6.07) is 4.71. The second kappa shape index (κ2) is 5.98. The standard InChI is InChI=1S/C14H17ClN4O2S/c1-10-5-6-11(15)13(8-10)22(20,21)19-7-3-2-4-12(19)14-16-9-17-18-14/h5-6,8-9,12H,2-4,7H2,1H3,(H,16,17,18). The highest BCUT2D eigenvalue weighted by molar-refractivity contribution is 7.89. The number of benzene rings is 1. The molecule has 1 N–H and O–H groups in total. The molecule has 1 aliphatic rings. The third kappa shape index (κ3) is 2.76. The predicted molar refractivity (Wildman–Crippen MR) is 83.1 cm³/mol. The Morgan fingerprint density at radius 1 is 1.36 bits per heavy atom. The van der Waals surface area contributed by atoms with E-state index >= 15 is 0 Å². The van der Waals surface area contributed by atoms with Gasteiger partial charge in [0, 0.05) is 6.54 Å². The van der Waals surface area contributed by atoms with Crippen molar-refractivity contribution in [3.05, 3.63) is 40.9 Å². The van der Waals surface area contributed by atoms with Gasteiger partial charge in [-0.3, -0.25) is 5.10 Å². The number of nitrogens with zero attached hydrogens (tertiary/aromatic N) is 3. The molecule has 1 unspecified atom stereocenters. The van der Waals surface area contributed by atoms with Crippen molar-refractivity contribution in [2.24, 2.45) is 0 Å². The third-order valence-corrected chi connectivity index (χ3v) is 6.27. The van der Waals surface area contributed by atoms with Crippen LogP contribution in [-0.2, 0) is 10.0 Å². The zero-order valence-electron chi connectivity index (χ0n) is 12.2. The summed E-state index contributed by atoms with van der Waals surface area (Å²) in [6.07, 6.45) is 3.90. The van der Waals surface area contributed by atoms with Crippen molar-refractivity contribution >= 4 is 21.6 Å². The van der Waals surface area contributed by atoms with Gasteiger partial charge in [0.25, 0.3) is 0 Å². The lowest BCUT2D eigenvalue weighted by Crippen LogP contribution is -2.39. The largest absolute Gasteiger partial charge is 0.262 e. The minimum atomic E-state index is -3.68. The van der Waals surface area contributed by atoms with Gasteiger partial charge < -0.3 is 0 Å². The first-order valence-corrected chi connectivity index (χ1v) is 8.95. The Labute approximate surface area is 134 Å². The second-order valence-electron chi connectivity index (χ2n) is 5.43. The van der Waals surface area contributed by atoms with Crippen LogP contribution in [0.5, 0.6) is 0 Å². The van der Waals surface area contributed by atoms with Crippen LogP contribution in [0.15, 0.2) is 29.4 Å². The number of sulfonamides is 1. The van der Waals surface area contributed by atoms with Crippen molar-refractivity contribution in [2.75, 3.05) is 6.54 Å². The lowest BCUT2D eigenvalue weighted by Gasteiger charge is -2.33. The van der Waals surface area contributed by atoms with Gasteiger partial charge in [-0.25, -0.2) is 13.4 Å². The molecule has 22 heavy (non-hydrogen) atoms. The molecular formula is C14H17ClN4O2S. The maximum absolute atomic E-state index is 13.0. The van der Waals surface area contributed by atoms with Crippen LogP contribution in [0.2, 0.25) is 5.02 Å². The zero-order valence-corrected chi connectivity index (χ0v) is 13.7. The van der Waals surface area contributed by atoms with Gasteiger partial charge in [0.2, 0.25) is 10.0 Å². The van der Waals surface area contributed by atoms with Gasteiger partial charge in [-0.1, -0.05) is 24.1 Å². The molecule has 0 amide bonds. The first-order valence-electron chi connectivity index (χ1n) is 7.13. The summed E-state index contributed by atoms with van der Waals surface area (Å²) in [5.74, 6) is 0.576. The van der Waals surface area contributed by atoms with Crippen LogP contribution in [0.4, 0.5) is 0 Å². The fourth-order valence-corrected chi connectivity index (χ4v) is 5.00. The Hall–Kier alpha value is -1.44. The highest BCUT2D eigenvalue weighted by Crippen LogP contribution is 2.35. The molecule has 8 heteroatoms. The molecule has 118 valence electrons. The number of hydrogen-bond acceptors (Lipinski definition) is 4. The monoisotopic (exact) mass is 340 g/mol. The average Bonchev–Trinajstić information content (AvgIpc) is 3.04. The summed E-state index contributed by atoms with van der Waals surface area (Å²) in [7, 11) is -3.68. The van der Waals surface area contributed by atoms with Crippen LogP contribution in [0.1, 0.15) is 36.7 Å². The smallest absolute Gasteiger partial charge is 0.245 e. The minimum Gasteiger partial charge on any atom is -0.262 e. The molecule has 1 fully saturated rings. The van der Waals surface area contributed by atoms with Gasteiger partial charge >= 0.3 is 0 Å². The van der Waals surface area contributed by atoms with E-state index in [1.54, 1.807) is 18.2 Å². The molecule has 0 spiro atoms. The maximum Gasteiger partial charge on any atom is 0.245 e. The van der Waals surface area contributed by atoms with Gasteiger partial charge in [0.1, 0.15) is 17.0 Å². The average molecular weight is 341 g/mol. The third-order valence-electron chi connectivity index (χ3n) is 3.88. The number of H-pyrrole nitrogens is 1. The molecule has 1 atom stereocenters. The van der Waals surface area contributed by atoms with E-state index in [0.717, 1.165) is 24.8 Å². The molecule has 1 aliphatic heterocycles. The van der Waals surface area contributed by atoms with Crippen LogP contribution >= 0.6 is 11.6 Å². The lowest BCUT2D eigenvalue weighted by atomic mass is 10.0. The summed E-state index contributed by atoms with van der Waals surface area (Å²) in [4.78, 5) is 4.28. The summed E-state index contributed by atoms with van der Waals surface area (Å²) < 4.78 is 27.6. The quantitative estimate of drug-likeness (QED) is 0.931. The Morgan fingerprint density at radius 2 is 2.18 bits per heavy atom. The molecule has 2 aromatic rings. The fourth-order valence-electron chi connectivity index (χ4n) is 2.78. The molecule has 0 saturated carbocycles. The molecule has 1 aromatic heterocycles.